The first-order valence-electron chi connectivity index (χ1n) is 6.21. The third-order valence-corrected chi connectivity index (χ3v) is 4.66. The van der Waals surface area contributed by atoms with Crippen molar-refractivity contribution in [1.82, 2.24) is 10.2 Å². The van der Waals surface area contributed by atoms with Gasteiger partial charge in [-0.1, -0.05) is 6.07 Å². The normalized spacial score (nSPS) is 20.2. The molecule has 0 unspecified atom stereocenters. The van der Waals surface area contributed by atoms with Crippen molar-refractivity contribution in [2.45, 2.75) is 25.8 Å². The molecule has 1 N–H and O–H groups in total. The molecule has 0 saturated carbocycles. The molecular weight excluding hydrogens is 216 g/mol. The Morgan fingerprint density at radius 3 is 2.88 bits per heavy atom. The van der Waals surface area contributed by atoms with Crippen LogP contribution in [0.3, 0.4) is 0 Å². The second-order valence-corrected chi connectivity index (χ2v) is 5.80. The van der Waals surface area contributed by atoms with Gasteiger partial charge >= 0.3 is 0 Å². The molecule has 0 aliphatic carbocycles. The Balaban J connectivity index is 1.84. The third kappa shape index (κ3) is 3.06. The number of nitrogens with one attached hydrogen (secondary N) is 1. The Morgan fingerprint density at radius 2 is 2.25 bits per heavy atom. The Labute approximate surface area is 103 Å². The van der Waals surface area contributed by atoms with Crippen molar-refractivity contribution < 1.29 is 0 Å². The minimum atomic E-state index is 0.565. The van der Waals surface area contributed by atoms with E-state index in [4.69, 9.17) is 0 Å². The van der Waals surface area contributed by atoms with Crippen molar-refractivity contribution in [3.63, 3.8) is 0 Å². The molecule has 1 atom stereocenters. The zero-order valence-corrected chi connectivity index (χ0v) is 11.1. The van der Waals surface area contributed by atoms with E-state index >= 15 is 0 Å². The summed E-state index contributed by atoms with van der Waals surface area (Å²) in [5.74, 6) is 0.883. The first-order valence-corrected chi connectivity index (χ1v) is 7.09. The van der Waals surface area contributed by atoms with Crippen LogP contribution in [0, 0.1) is 5.92 Å². The molecule has 2 rings (SSSR count). The first-order chi connectivity index (χ1) is 7.77. The van der Waals surface area contributed by atoms with E-state index in [-0.39, 0.29) is 0 Å². The summed E-state index contributed by atoms with van der Waals surface area (Å²) >= 11 is 1.87. The fraction of sp³-hybridized carbons (Fsp3) is 0.692. The number of thiophene rings is 1. The number of nitrogens with zero attached hydrogens (tertiary/aromatic N) is 1. The Bertz CT molecular complexity index is 291. The Kier molecular flexibility index (Phi) is 4.38. The van der Waals surface area contributed by atoms with Crippen molar-refractivity contribution in [2.24, 2.45) is 5.92 Å². The van der Waals surface area contributed by atoms with Crippen LogP contribution in [0.15, 0.2) is 17.5 Å². The second kappa shape index (κ2) is 5.80. The zero-order chi connectivity index (χ0) is 11.4. The first kappa shape index (κ1) is 12.1. The molecule has 0 radical (unpaired) electrons. The highest BCUT2D eigenvalue weighted by molar-refractivity contribution is 7.10. The maximum atomic E-state index is 3.43. The molecule has 3 heteroatoms. The van der Waals surface area contributed by atoms with Crippen LogP contribution in [0.25, 0.3) is 0 Å². The molecule has 16 heavy (non-hydrogen) atoms. The summed E-state index contributed by atoms with van der Waals surface area (Å²) in [6, 6.07) is 4.96. The van der Waals surface area contributed by atoms with E-state index in [1.165, 1.54) is 37.4 Å². The lowest BCUT2D eigenvalue weighted by atomic mass is 9.97. The summed E-state index contributed by atoms with van der Waals surface area (Å²) in [6.45, 7) is 5.95. The van der Waals surface area contributed by atoms with Gasteiger partial charge in [-0.15, -0.1) is 11.3 Å². The van der Waals surface area contributed by atoms with Gasteiger partial charge < -0.3 is 5.32 Å². The van der Waals surface area contributed by atoms with Crippen LogP contribution in [0.2, 0.25) is 0 Å². The lowest BCUT2D eigenvalue weighted by molar-refractivity contribution is 0.199. The topological polar surface area (TPSA) is 15.3 Å². The molecule has 1 aromatic heterocycles. The van der Waals surface area contributed by atoms with Gasteiger partial charge in [0, 0.05) is 17.5 Å². The summed E-state index contributed by atoms with van der Waals surface area (Å²) in [5, 5.41) is 5.60. The van der Waals surface area contributed by atoms with Crippen LogP contribution in [0.4, 0.5) is 0 Å². The lowest BCUT2D eigenvalue weighted by Gasteiger charge is -2.30. The summed E-state index contributed by atoms with van der Waals surface area (Å²) in [7, 11) is 2.26. The quantitative estimate of drug-likeness (QED) is 0.867. The molecule has 90 valence electrons. The van der Waals surface area contributed by atoms with E-state index in [1.54, 1.807) is 0 Å². The summed E-state index contributed by atoms with van der Waals surface area (Å²) in [4.78, 5) is 3.98. The monoisotopic (exact) mass is 238 g/mol. The van der Waals surface area contributed by atoms with Gasteiger partial charge in [0.2, 0.25) is 0 Å². The van der Waals surface area contributed by atoms with Crippen molar-refractivity contribution in [3.05, 3.63) is 22.4 Å². The molecule has 1 aliphatic heterocycles. The molecule has 0 amide bonds. The van der Waals surface area contributed by atoms with E-state index in [0.29, 0.717) is 6.04 Å². The lowest BCUT2D eigenvalue weighted by Crippen LogP contribution is -2.35. The van der Waals surface area contributed by atoms with E-state index in [9.17, 15) is 0 Å². The third-order valence-electron chi connectivity index (χ3n) is 3.62. The number of hydrogen-bond acceptors (Lipinski definition) is 3. The highest BCUT2D eigenvalue weighted by Gasteiger charge is 2.19. The van der Waals surface area contributed by atoms with E-state index in [1.807, 2.05) is 11.3 Å². The fourth-order valence-electron chi connectivity index (χ4n) is 2.38. The van der Waals surface area contributed by atoms with Crippen LogP contribution in [0.5, 0.6) is 0 Å². The van der Waals surface area contributed by atoms with Crippen LogP contribution in [0.1, 0.15) is 30.7 Å². The molecule has 1 aromatic rings. The molecule has 0 aromatic carbocycles. The zero-order valence-electron chi connectivity index (χ0n) is 10.3. The smallest absolute Gasteiger partial charge is 0.0410 e. The van der Waals surface area contributed by atoms with Crippen molar-refractivity contribution >= 4 is 11.3 Å². The molecule has 0 bridgehead atoms. The van der Waals surface area contributed by atoms with Crippen molar-refractivity contribution in [1.29, 1.82) is 0 Å². The average Bonchev–Trinajstić information content (AvgIpc) is 2.83. The summed E-state index contributed by atoms with van der Waals surface area (Å²) in [5.41, 5.74) is 0. The summed E-state index contributed by atoms with van der Waals surface area (Å²) in [6.07, 6.45) is 2.67. The van der Waals surface area contributed by atoms with Crippen molar-refractivity contribution in [2.75, 3.05) is 26.7 Å². The molecule has 1 aliphatic rings. The molecule has 1 saturated heterocycles. The average molecular weight is 238 g/mol. The maximum absolute atomic E-state index is 3.43. The second-order valence-electron chi connectivity index (χ2n) is 4.82. The van der Waals surface area contributed by atoms with E-state index in [2.05, 4.69) is 41.7 Å². The van der Waals surface area contributed by atoms with Crippen LogP contribution >= 0.6 is 11.3 Å². The minimum Gasteiger partial charge on any atom is -0.317 e. The SMILES string of the molecule is C[C@H](c1cccs1)N(C)CC1CCNCC1. The van der Waals surface area contributed by atoms with Crippen LogP contribution in [-0.2, 0) is 0 Å². The number of hydrogen-bond donors (Lipinski definition) is 1. The molecular formula is C13H22N2S. The van der Waals surface area contributed by atoms with Gasteiger partial charge in [-0.3, -0.25) is 4.90 Å². The minimum absolute atomic E-state index is 0.565. The van der Waals surface area contributed by atoms with Gasteiger partial charge in [-0.25, -0.2) is 0 Å². The van der Waals surface area contributed by atoms with Gasteiger partial charge in [-0.05, 0) is 57.3 Å². The molecule has 1 fully saturated rings. The molecule has 0 spiro atoms. The fourth-order valence-corrected chi connectivity index (χ4v) is 3.22. The largest absolute Gasteiger partial charge is 0.317 e. The van der Waals surface area contributed by atoms with Gasteiger partial charge in [0.25, 0.3) is 0 Å². The highest BCUT2D eigenvalue weighted by atomic mass is 32.1. The summed E-state index contributed by atoms with van der Waals surface area (Å²) < 4.78 is 0. The highest BCUT2D eigenvalue weighted by Crippen LogP contribution is 2.25. The molecule has 2 heterocycles. The van der Waals surface area contributed by atoms with Gasteiger partial charge in [0.15, 0.2) is 0 Å². The standard InChI is InChI=1S/C13H22N2S/c1-11(13-4-3-9-16-13)15(2)10-12-5-7-14-8-6-12/h3-4,9,11-12,14H,5-8,10H2,1-2H3/t11-/m1/s1. The number of piperidine rings is 1. The Hall–Kier alpha value is -0.380. The predicted molar refractivity (Wildman–Crippen MR) is 71.0 cm³/mol. The van der Waals surface area contributed by atoms with E-state index < -0.39 is 0 Å². The van der Waals surface area contributed by atoms with Crippen LogP contribution < -0.4 is 5.32 Å². The number of rotatable bonds is 4. The molecule has 2 nitrogen and oxygen atoms in total. The van der Waals surface area contributed by atoms with Crippen molar-refractivity contribution in [3.8, 4) is 0 Å². The predicted octanol–water partition coefficient (Wildman–Crippen LogP) is 2.74. The Morgan fingerprint density at radius 1 is 1.50 bits per heavy atom. The van der Waals surface area contributed by atoms with Gasteiger partial charge in [0.1, 0.15) is 0 Å². The van der Waals surface area contributed by atoms with Crippen LogP contribution in [-0.4, -0.2) is 31.6 Å². The van der Waals surface area contributed by atoms with E-state index in [0.717, 1.165) is 5.92 Å². The van der Waals surface area contributed by atoms with Gasteiger partial charge in [0.05, 0.1) is 0 Å². The maximum Gasteiger partial charge on any atom is 0.0410 e. The van der Waals surface area contributed by atoms with Gasteiger partial charge in [-0.2, -0.15) is 0 Å².